The van der Waals surface area contributed by atoms with Crippen LogP contribution in [0.3, 0.4) is 0 Å². The smallest absolute Gasteiger partial charge is 0.234 e. The molecule has 0 aromatic carbocycles. The van der Waals surface area contributed by atoms with E-state index < -0.39 is 0 Å². The zero-order valence-corrected chi connectivity index (χ0v) is 13.2. The van der Waals surface area contributed by atoms with Crippen molar-refractivity contribution in [3.05, 3.63) is 23.9 Å². The van der Waals surface area contributed by atoms with E-state index >= 15 is 0 Å². The maximum Gasteiger partial charge on any atom is 0.234 e. The van der Waals surface area contributed by atoms with E-state index in [1.807, 2.05) is 13.0 Å². The lowest BCUT2D eigenvalue weighted by Gasteiger charge is -2.35. The molecule has 6 nitrogen and oxygen atoms in total. The Morgan fingerprint density at radius 2 is 2.14 bits per heavy atom. The first kappa shape index (κ1) is 16.2. The molecule has 2 heterocycles. The van der Waals surface area contributed by atoms with Crippen LogP contribution in [-0.4, -0.2) is 54.6 Å². The Morgan fingerprint density at radius 3 is 2.68 bits per heavy atom. The van der Waals surface area contributed by atoms with Crippen molar-refractivity contribution in [2.45, 2.75) is 26.3 Å². The van der Waals surface area contributed by atoms with Gasteiger partial charge >= 0.3 is 0 Å². The number of nitriles is 1. The number of anilines is 1. The van der Waals surface area contributed by atoms with E-state index in [1.54, 1.807) is 12.3 Å². The SMILES string of the molecule is CC[C@@H](C)NC(=O)CN1CCN(c2ccc(C#N)cn2)CC1. The molecule has 2 rings (SSSR count). The Kier molecular flexibility index (Phi) is 5.73. The number of nitrogens with one attached hydrogen (secondary N) is 1. The molecule has 1 fully saturated rings. The fourth-order valence-electron chi connectivity index (χ4n) is 2.40. The molecule has 1 aromatic rings. The van der Waals surface area contributed by atoms with Gasteiger partial charge in [-0.3, -0.25) is 9.69 Å². The Hall–Kier alpha value is -2.13. The van der Waals surface area contributed by atoms with Crippen molar-refractivity contribution in [3.8, 4) is 6.07 Å². The topological polar surface area (TPSA) is 72.3 Å². The third-order valence-corrected chi connectivity index (χ3v) is 3.96. The third-order valence-electron chi connectivity index (χ3n) is 3.96. The van der Waals surface area contributed by atoms with E-state index in [-0.39, 0.29) is 11.9 Å². The summed E-state index contributed by atoms with van der Waals surface area (Å²) in [5, 5.41) is 11.8. The van der Waals surface area contributed by atoms with Crippen LogP contribution in [0.4, 0.5) is 5.82 Å². The van der Waals surface area contributed by atoms with E-state index in [2.05, 4.69) is 33.1 Å². The zero-order valence-electron chi connectivity index (χ0n) is 13.2. The van der Waals surface area contributed by atoms with E-state index in [0.717, 1.165) is 38.4 Å². The van der Waals surface area contributed by atoms with Gasteiger partial charge in [0.2, 0.25) is 5.91 Å². The van der Waals surface area contributed by atoms with Gasteiger partial charge in [-0.25, -0.2) is 4.98 Å². The number of pyridine rings is 1. The first-order valence-corrected chi connectivity index (χ1v) is 7.75. The lowest BCUT2D eigenvalue weighted by atomic mass is 10.2. The van der Waals surface area contributed by atoms with Crippen LogP contribution in [0.5, 0.6) is 0 Å². The predicted octanol–water partition coefficient (Wildman–Crippen LogP) is 0.990. The minimum absolute atomic E-state index is 0.0966. The standard InChI is InChI=1S/C16H23N5O/c1-3-13(2)19-16(22)12-20-6-8-21(9-7-20)15-5-4-14(10-17)11-18-15/h4-5,11,13H,3,6-9,12H2,1-2H3,(H,19,22)/t13-/m1/s1. The van der Waals surface area contributed by atoms with E-state index in [0.29, 0.717) is 12.1 Å². The van der Waals surface area contributed by atoms with E-state index in [1.165, 1.54) is 0 Å². The van der Waals surface area contributed by atoms with Gasteiger partial charge in [-0.2, -0.15) is 5.26 Å². The van der Waals surface area contributed by atoms with Crippen LogP contribution >= 0.6 is 0 Å². The van der Waals surface area contributed by atoms with Gasteiger partial charge in [0, 0.05) is 38.4 Å². The molecule has 22 heavy (non-hydrogen) atoms. The molecule has 1 aromatic heterocycles. The average molecular weight is 301 g/mol. The second-order valence-corrected chi connectivity index (χ2v) is 5.66. The first-order chi connectivity index (χ1) is 10.6. The first-order valence-electron chi connectivity index (χ1n) is 7.75. The van der Waals surface area contributed by atoms with Crippen molar-refractivity contribution < 1.29 is 4.79 Å². The largest absolute Gasteiger partial charge is 0.354 e. The fraction of sp³-hybridized carbons (Fsp3) is 0.562. The van der Waals surface area contributed by atoms with Crippen LogP contribution in [0.2, 0.25) is 0 Å². The minimum Gasteiger partial charge on any atom is -0.354 e. The molecule has 0 bridgehead atoms. The monoisotopic (exact) mass is 301 g/mol. The average Bonchev–Trinajstić information content (AvgIpc) is 2.55. The van der Waals surface area contributed by atoms with Crippen molar-refractivity contribution >= 4 is 11.7 Å². The summed E-state index contributed by atoms with van der Waals surface area (Å²) in [5.74, 6) is 0.988. The second-order valence-electron chi connectivity index (χ2n) is 5.66. The Bertz CT molecular complexity index is 528. The molecule has 1 aliphatic rings. The summed E-state index contributed by atoms with van der Waals surface area (Å²) in [4.78, 5) is 20.6. The van der Waals surface area contributed by atoms with Gasteiger partial charge in [-0.05, 0) is 25.5 Å². The molecule has 1 atom stereocenters. The van der Waals surface area contributed by atoms with Crippen molar-refractivity contribution in [1.82, 2.24) is 15.2 Å². The molecule has 1 saturated heterocycles. The molecule has 118 valence electrons. The molecule has 1 amide bonds. The maximum absolute atomic E-state index is 11.9. The molecule has 1 aliphatic heterocycles. The molecular weight excluding hydrogens is 278 g/mol. The van der Waals surface area contributed by atoms with Crippen LogP contribution in [0, 0.1) is 11.3 Å². The van der Waals surface area contributed by atoms with Crippen LogP contribution in [0.15, 0.2) is 18.3 Å². The van der Waals surface area contributed by atoms with Crippen LogP contribution in [-0.2, 0) is 4.79 Å². The highest BCUT2D eigenvalue weighted by atomic mass is 16.2. The maximum atomic E-state index is 11.9. The van der Waals surface area contributed by atoms with Gasteiger partial charge in [0.15, 0.2) is 0 Å². The van der Waals surface area contributed by atoms with Crippen LogP contribution in [0.25, 0.3) is 0 Å². The van der Waals surface area contributed by atoms with Crippen molar-refractivity contribution in [2.24, 2.45) is 0 Å². The van der Waals surface area contributed by atoms with Crippen LogP contribution in [0.1, 0.15) is 25.8 Å². The number of hydrogen-bond donors (Lipinski definition) is 1. The summed E-state index contributed by atoms with van der Waals surface area (Å²) in [6.45, 7) is 7.91. The molecule has 1 N–H and O–H groups in total. The Labute approximate surface area is 131 Å². The van der Waals surface area contributed by atoms with Gasteiger partial charge < -0.3 is 10.2 Å². The number of carbonyl (C=O) groups excluding carboxylic acids is 1. The number of carbonyl (C=O) groups is 1. The van der Waals surface area contributed by atoms with Gasteiger partial charge in [0.1, 0.15) is 11.9 Å². The molecule has 0 aliphatic carbocycles. The number of aromatic nitrogens is 1. The number of hydrogen-bond acceptors (Lipinski definition) is 5. The summed E-state index contributed by atoms with van der Waals surface area (Å²) in [6, 6.07) is 5.97. The van der Waals surface area contributed by atoms with Gasteiger partial charge in [0.25, 0.3) is 0 Å². The fourth-order valence-corrected chi connectivity index (χ4v) is 2.40. The predicted molar refractivity (Wildman–Crippen MR) is 85.5 cm³/mol. The molecular formula is C16H23N5O. The summed E-state index contributed by atoms with van der Waals surface area (Å²) < 4.78 is 0. The normalized spacial score (nSPS) is 16.9. The number of nitrogens with zero attached hydrogens (tertiary/aromatic N) is 4. The molecule has 0 radical (unpaired) electrons. The summed E-state index contributed by atoms with van der Waals surface area (Å²) in [7, 11) is 0. The Morgan fingerprint density at radius 1 is 1.41 bits per heavy atom. The van der Waals surface area contributed by atoms with Gasteiger partial charge in [0.05, 0.1) is 12.1 Å². The van der Waals surface area contributed by atoms with Crippen LogP contribution < -0.4 is 10.2 Å². The lowest BCUT2D eigenvalue weighted by molar-refractivity contribution is -0.122. The number of amides is 1. The summed E-state index contributed by atoms with van der Waals surface area (Å²) >= 11 is 0. The molecule has 0 unspecified atom stereocenters. The summed E-state index contributed by atoms with van der Waals surface area (Å²) in [5.41, 5.74) is 0.573. The molecule has 0 spiro atoms. The second kappa shape index (κ2) is 7.76. The highest BCUT2D eigenvalue weighted by molar-refractivity contribution is 5.78. The third kappa shape index (κ3) is 4.43. The number of rotatable bonds is 5. The molecule has 6 heteroatoms. The van der Waals surface area contributed by atoms with E-state index in [4.69, 9.17) is 5.26 Å². The van der Waals surface area contributed by atoms with Gasteiger partial charge in [-0.15, -0.1) is 0 Å². The van der Waals surface area contributed by atoms with Crippen molar-refractivity contribution in [3.63, 3.8) is 0 Å². The lowest BCUT2D eigenvalue weighted by Crippen LogP contribution is -2.50. The Balaban J connectivity index is 1.80. The highest BCUT2D eigenvalue weighted by Gasteiger charge is 2.20. The summed E-state index contributed by atoms with van der Waals surface area (Å²) in [6.07, 6.45) is 2.55. The highest BCUT2D eigenvalue weighted by Crippen LogP contribution is 2.13. The quantitative estimate of drug-likeness (QED) is 0.878. The van der Waals surface area contributed by atoms with E-state index in [9.17, 15) is 4.79 Å². The van der Waals surface area contributed by atoms with Gasteiger partial charge in [-0.1, -0.05) is 6.92 Å². The van der Waals surface area contributed by atoms with Crippen molar-refractivity contribution in [2.75, 3.05) is 37.6 Å². The minimum atomic E-state index is 0.0966. The zero-order chi connectivity index (χ0) is 15.9. The molecule has 0 saturated carbocycles. The van der Waals surface area contributed by atoms with Crippen molar-refractivity contribution in [1.29, 1.82) is 5.26 Å². The number of piperazine rings is 1.